The molecular formula is C23H35BrN2O4. The predicted molar refractivity (Wildman–Crippen MR) is 123 cm³/mol. The first-order chi connectivity index (χ1) is 13.9. The van der Waals surface area contributed by atoms with E-state index in [0.717, 1.165) is 35.1 Å². The number of anilines is 1. The summed E-state index contributed by atoms with van der Waals surface area (Å²) in [6, 6.07) is 4.21. The predicted octanol–water partition coefficient (Wildman–Crippen LogP) is 5.55. The summed E-state index contributed by atoms with van der Waals surface area (Å²) in [7, 11) is 1.40. The Morgan fingerprint density at radius 3 is 2.23 bits per heavy atom. The molecule has 30 heavy (non-hydrogen) atoms. The second kappa shape index (κ2) is 9.58. The molecule has 2 atom stereocenters. The van der Waals surface area contributed by atoms with Gasteiger partial charge in [-0.3, -0.25) is 0 Å². The van der Waals surface area contributed by atoms with E-state index >= 15 is 0 Å². The summed E-state index contributed by atoms with van der Waals surface area (Å²) in [5.74, 6) is -0.340. The molecular weight excluding hydrogens is 448 g/mol. The molecule has 0 unspecified atom stereocenters. The monoisotopic (exact) mass is 482 g/mol. The van der Waals surface area contributed by atoms with Crippen LogP contribution in [0.4, 0.5) is 10.5 Å². The van der Waals surface area contributed by atoms with Crippen LogP contribution >= 0.6 is 15.9 Å². The topological polar surface area (TPSA) is 59.1 Å². The molecule has 1 aliphatic heterocycles. The molecule has 6 nitrogen and oxygen atoms in total. The Balaban J connectivity index is 2.31. The first-order valence-electron chi connectivity index (χ1n) is 10.6. The van der Waals surface area contributed by atoms with Crippen LogP contribution in [0.5, 0.6) is 0 Å². The lowest BCUT2D eigenvalue weighted by Gasteiger charge is -2.47. The number of benzene rings is 1. The molecule has 2 rings (SSSR count). The fourth-order valence-corrected chi connectivity index (χ4v) is 4.83. The second-order valence-electron chi connectivity index (χ2n) is 9.09. The Bertz CT molecular complexity index is 778. The number of likely N-dealkylation sites (tertiary alicyclic amines) is 1. The van der Waals surface area contributed by atoms with E-state index in [1.807, 2.05) is 32.6 Å². The molecule has 168 valence electrons. The van der Waals surface area contributed by atoms with Gasteiger partial charge in [-0.2, -0.15) is 0 Å². The fourth-order valence-electron chi connectivity index (χ4n) is 4.38. The molecule has 0 bridgehead atoms. The van der Waals surface area contributed by atoms with Gasteiger partial charge >= 0.3 is 12.1 Å². The van der Waals surface area contributed by atoms with Gasteiger partial charge in [0, 0.05) is 34.8 Å². The lowest BCUT2D eigenvalue weighted by Crippen LogP contribution is -2.56. The average Bonchev–Trinajstić information content (AvgIpc) is 2.62. The minimum absolute atomic E-state index is 0.0511. The van der Waals surface area contributed by atoms with Crippen LogP contribution < -0.4 is 4.90 Å². The SMILES string of the molecule is CCN(c1cc(Br)cc(C(=O)OC)c1C)C1C[C@@H](C)N(C(=O)OC(C)(C)C)[C@H](C)C1. The van der Waals surface area contributed by atoms with E-state index < -0.39 is 5.60 Å². The van der Waals surface area contributed by atoms with Crippen LogP contribution in [0.3, 0.4) is 0 Å². The number of halogens is 1. The van der Waals surface area contributed by atoms with Gasteiger partial charge in [-0.05, 0) is 79.0 Å². The van der Waals surface area contributed by atoms with E-state index in [1.54, 1.807) is 6.07 Å². The Morgan fingerprint density at radius 2 is 1.77 bits per heavy atom. The maximum atomic E-state index is 12.7. The van der Waals surface area contributed by atoms with Crippen molar-refractivity contribution in [3.8, 4) is 0 Å². The number of carbonyl (C=O) groups excluding carboxylic acids is 2. The normalized spacial score (nSPS) is 21.9. The molecule has 1 heterocycles. The van der Waals surface area contributed by atoms with Crippen LogP contribution in [0.1, 0.15) is 70.3 Å². The van der Waals surface area contributed by atoms with Gasteiger partial charge in [-0.25, -0.2) is 9.59 Å². The van der Waals surface area contributed by atoms with Gasteiger partial charge < -0.3 is 19.3 Å². The molecule has 0 aromatic heterocycles. The van der Waals surface area contributed by atoms with Crippen LogP contribution in [0.25, 0.3) is 0 Å². The smallest absolute Gasteiger partial charge is 0.410 e. The summed E-state index contributed by atoms with van der Waals surface area (Å²) in [6.45, 7) is 14.7. The summed E-state index contributed by atoms with van der Waals surface area (Å²) in [5, 5.41) is 0. The highest BCUT2D eigenvalue weighted by Gasteiger charge is 2.38. The molecule has 1 amide bonds. The zero-order valence-electron chi connectivity index (χ0n) is 19.4. The van der Waals surface area contributed by atoms with E-state index in [-0.39, 0.29) is 30.2 Å². The molecule has 0 N–H and O–H groups in total. The summed E-state index contributed by atoms with van der Waals surface area (Å²) < 4.78 is 11.4. The third-order valence-corrected chi connectivity index (χ3v) is 6.08. The number of piperidine rings is 1. The van der Waals surface area contributed by atoms with Crippen molar-refractivity contribution in [1.82, 2.24) is 4.90 Å². The second-order valence-corrected chi connectivity index (χ2v) is 10.0. The van der Waals surface area contributed by atoms with Crippen LogP contribution in [0.15, 0.2) is 16.6 Å². The van der Waals surface area contributed by atoms with E-state index in [1.165, 1.54) is 7.11 Å². The van der Waals surface area contributed by atoms with Gasteiger partial charge in [0.15, 0.2) is 0 Å². The highest BCUT2D eigenvalue weighted by molar-refractivity contribution is 9.10. The minimum atomic E-state index is -0.513. The van der Waals surface area contributed by atoms with Crippen LogP contribution in [-0.4, -0.2) is 54.3 Å². The van der Waals surface area contributed by atoms with Crippen molar-refractivity contribution in [3.63, 3.8) is 0 Å². The Labute approximate surface area is 189 Å². The van der Waals surface area contributed by atoms with Crippen molar-refractivity contribution in [3.05, 3.63) is 27.7 Å². The number of hydrogen-bond acceptors (Lipinski definition) is 5. The molecule has 1 saturated heterocycles. The number of rotatable bonds is 4. The molecule has 7 heteroatoms. The van der Waals surface area contributed by atoms with Crippen molar-refractivity contribution < 1.29 is 19.1 Å². The van der Waals surface area contributed by atoms with Crippen molar-refractivity contribution >= 4 is 33.7 Å². The summed E-state index contributed by atoms with van der Waals surface area (Å²) in [4.78, 5) is 29.2. The molecule has 0 radical (unpaired) electrons. The van der Waals surface area contributed by atoms with E-state index in [9.17, 15) is 9.59 Å². The molecule has 0 saturated carbocycles. The molecule has 1 aromatic rings. The largest absolute Gasteiger partial charge is 0.465 e. The van der Waals surface area contributed by atoms with Crippen molar-refractivity contribution in [2.45, 2.75) is 85.0 Å². The zero-order chi connectivity index (χ0) is 22.8. The summed E-state index contributed by atoms with van der Waals surface area (Å²) in [6.07, 6.45) is 1.41. The molecule has 1 aromatic carbocycles. The number of amides is 1. The van der Waals surface area contributed by atoms with Crippen LogP contribution in [0, 0.1) is 6.92 Å². The number of nitrogens with zero attached hydrogens (tertiary/aromatic N) is 2. The summed E-state index contributed by atoms with van der Waals surface area (Å²) >= 11 is 3.54. The van der Waals surface area contributed by atoms with Gasteiger partial charge in [-0.1, -0.05) is 15.9 Å². The van der Waals surface area contributed by atoms with Crippen LogP contribution in [-0.2, 0) is 9.47 Å². The Kier molecular flexibility index (Phi) is 7.83. The van der Waals surface area contributed by atoms with Crippen molar-refractivity contribution in [2.24, 2.45) is 0 Å². The third-order valence-electron chi connectivity index (χ3n) is 5.62. The standard InChI is InChI=1S/C23H35BrN2O4/c1-9-25(20-13-17(24)12-19(16(20)4)21(27)29-8)18-10-14(2)26(15(3)11-18)22(28)30-23(5,6)7/h12-15,18H,9-11H2,1-8H3/t14-,15-/m1/s1. The molecule has 0 spiro atoms. The van der Waals surface area contributed by atoms with Crippen LogP contribution in [0.2, 0.25) is 0 Å². The fraction of sp³-hybridized carbons (Fsp3) is 0.652. The number of ether oxygens (including phenoxy) is 2. The molecule has 1 fully saturated rings. The van der Waals surface area contributed by atoms with Crippen molar-refractivity contribution in [1.29, 1.82) is 0 Å². The number of hydrogen-bond donors (Lipinski definition) is 0. The zero-order valence-corrected chi connectivity index (χ0v) is 21.0. The molecule has 0 aliphatic carbocycles. The maximum Gasteiger partial charge on any atom is 0.410 e. The quantitative estimate of drug-likeness (QED) is 0.526. The number of carbonyl (C=O) groups is 2. The lowest BCUT2D eigenvalue weighted by molar-refractivity contribution is -0.00252. The average molecular weight is 483 g/mol. The Morgan fingerprint density at radius 1 is 1.20 bits per heavy atom. The minimum Gasteiger partial charge on any atom is -0.465 e. The first kappa shape index (κ1) is 24.5. The van der Waals surface area contributed by atoms with Gasteiger partial charge in [0.2, 0.25) is 0 Å². The first-order valence-corrected chi connectivity index (χ1v) is 11.3. The van der Waals surface area contributed by atoms with Gasteiger partial charge in [-0.15, -0.1) is 0 Å². The third kappa shape index (κ3) is 5.48. The Hall–Kier alpha value is -1.76. The molecule has 1 aliphatic rings. The van der Waals surface area contributed by atoms with Crippen molar-refractivity contribution in [2.75, 3.05) is 18.6 Å². The van der Waals surface area contributed by atoms with E-state index in [2.05, 4.69) is 47.7 Å². The highest BCUT2D eigenvalue weighted by Crippen LogP contribution is 2.35. The maximum absolute atomic E-state index is 12.7. The highest BCUT2D eigenvalue weighted by atomic mass is 79.9. The number of esters is 1. The van der Waals surface area contributed by atoms with Gasteiger partial charge in [0.25, 0.3) is 0 Å². The number of methoxy groups -OCH3 is 1. The van der Waals surface area contributed by atoms with E-state index in [0.29, 0.717) is 5.56 Å². The summed E-state index contributed by atoms with van der Waals surface area (Å²) in [5.41, 5.74) is 1.97. The lowest BCUT2D eigenvalue weighted by atomic mass is 9.91. The van der Waals surface area contributed by atoms with Gasteiger partial charge in [0.1, 0.15) is 5.60 Å². The van der Waals surface area contributed by atoms with Gasteiger partial charge in [0.05, 0.1) is 12.7 Å². The van der Waals surface area contributed by atoms with E-state index in [4.69, 9.17) is 9.47 Å².